The highest BCUT2D eigenvalue weighted by atomic mass is 35.5. The van der Waals surface area contributed by atoms with Gasteiger partial charge in [-0.25, -0.2) is 9.48 Å². The number of hydrogen-bond acceptors (Lipinski definition) is 3. The van der Waals surface area contributed by atoms with Crippen LogP contribution >= 0.6 is 11.6 Å². The summed E-state index contributed by atoms with van der Waals surface area (Å²) in [4.78, 5) is 12.3. The van der Waals surface area contributed by atoms with Crippen molar-refractivity contribution in [1.29, 1.82) is 0 Å². The van der Waals surface area contributed by atoms with Gasteiger partial charge in [0.2, 0.25) is 0 Å². The molecule has 6 heteroatoms. The molecule has 0 saturated carbocycles. The number of halogens is 1. The van der Waals surface area contributed by atoms with E-state index in [-0.39, 0.29) is 5.69 Å². The highest BCUT2D eigenvalue weighted by Gasteiger charge is 2.17. The summed E-state index contributed by atoms with van der Waals surface area (Å²) in [6, 6.07) is 5.69. The van der Waals surface area contributed by atoms with Gasteiger partial charge in [-0.15, -0.1) is 0 Å². The summed E-state index contributed by atoms with van der Waals surface area (Å²) in [5.41, 5.74) is 7.41. The van der Waals surface area contributed by atoms with Crippen LogP contribution in [-0.4, -0.2) is 14.3 Å². The van der Waals surface area contributed by atoms with Gasteiger partial charge in [-0.3, -0.25) is 4.57 Å². The molecule has 106 valence electrons. The first-order chi connectivity index (χ1) is 9.69. The van der Waals surface area contributed by atoms with Crippen molar-refractivity contribution in [2.24, 2.45) is 5.73 Å². The molecule has 0 fully saturated rings. The van der Waals surface area contributed by atoms with E-state index in [2.05, 4.69) is 5.10 Å². The molecular weight excluding hydrogens is 276 g/mol. The average Bonchev–Trinajstić information content (AvgIpc) is 2.78. The minimum absolute atomic E-state index is 0.0429. The Bertz CT molecular complexity index is 689. The summed E-state index contributed by atoms with van der Waals surface area (Å²) in [6.45, 7) is 1.63. The third-order valence-electron chi connectivity index (χ3n) is 3.70. The first kappa shape index (κ1) is 13.4. The topological polar surface area (TPSA) is 65.8 Å². The molecule has 0 saturated heterocycles. The van der Waals surface area contributed by atoms with E-state index in [4.69, 9.17) is 17.3 Å². The maximum atomic E-state index is 12.3. The molecule has 0 aliphatic carbocycles. The van der Waals surface area contributed by atoms with E-state index in [1.807, 2.05) is 18.2 Å². The van der Waals surface area contributed by atoms with Crippen molar-refractivity contribution < 1.29 is 0 Å². The Morgan fingerprint density at radius 1 is 1.35 bits per heavy atom. The lowest BCUT2D eigenvalue weighted by atomic mass is 10.1. The van der Waals surface area contributed by atoms with Crippen LogP contribution in [-0.2, 0) is 26.1 Å². The lowest BCUT2D eigenvalue weighted by Crippen LogP contribution is -2.27. The van der Waals surface area contributed by atoms with Gasteiger partial charge < -0.3 is 5.73 Å². The molecule has 0 unspecified atom stereocenters. The van der Waals surface area contributed by atoms with Crippen LogP contribution in [0.4, 0.5) is 0 Å². The fraction of sp³-hybridized carbons (Fsp3) is 0.429. The molecule has 2 N–H and O–H groups in total. The normalized spacial score (nSPS) is 14.3. The van der Waals surface area contributed by atoms with Gasteiger partial charge in [0.25, 0.3) is 0 Å². The zero-order valence-electron chi connectivity index (χ0n) is 11.2. The van der Waals surface area contributed by atoms with Crippen molar-refractivity contribution in [3.05, 3.63) is 50.7 Å². The second kappa shape index (κ2) is 5.42. The van der Waals surface area contributed by atoms with E-state index in [9.17, 15) is 4.79 Å². The third-order valence-corrected chi connectivity index (χ3v) is 4.06. The molecule has 2 aromatic rings. The van der Waals surface area contributed by atoms with E-state index >= 15 is 0 Å². The van der Waals surface area contributed by atoms with Crippen molar-refractivity contribution >= 4 is 11.6 Å². The predicted molar refractivity (Wildman–Crippen MR) is 77.9 cm³/mol. The molecule has 0 bridgehead atoms. The Kier molecular flexibility index (Phi) is 3.63. The first-order valence-electron chi connectivity index (χ1n) is 6.83. The summed E-state index contributed by atoms with van der Waals surface area (Å²) in [5, 5.41) is 5.04. The molecule has 0 spiro atoms. The van der Waals surface area contributed by atoms with Crippen LogP contribution in [0.3, 0.4) is 0 Å². The minimum Gasteiger partial charge on any atom is -0.326 e. The second-order valence-electron chi connectivity index (χ2n) is 5.10. The summed E-state index contributed by atoms with van der Waals surface area (Å²) in [5.74, 6) is 0.885. The minimum atomic E-state index is -0.0429. The van der Waals surface area contributed by atoms with Gasteiger partial charge in [0.15, 0.2) is 0 Å². The number of benzene rings is 1. The van der Waals surface area contributed by atoms with Gasteiger partial charge >= 0.3 is 5.69 Å². The van der Waals surface area contributed by atoms with Crippen molar-refractivity contribution in [1.82, 2.24) is 14.3 Å². The van der Waals surface area contributed by atoms with Crippen LogP contribution in [0.25, 0.3) is 0 Å². The number of nitrogens with zero attached hydrogens (tertiary/aromatic N) is 3. The molecule has 0 atom stereocenters. The standard InChI is InChI=1S/C14H17ClN4O/c15-12-7-10(8-16)4-5-11(12)9-19-14(20)18-6-2-1-3-13(18)17-19/h4-5,7H,1-3,6,8-9,16H2. The van der Waals surface area contributed by atoms with Crippen molar-refractivity contribution in [3.8, 4) is 0 Å². The van der Waals surface area contributed by atoms with Crippen molar-refractivity contribution in [3.63, 3.8) is 0 Å². The van der Waals surface area contributed by atoms with E-state index < -0.39 is 0 Å². The Balaban J connectivity index is 1.92. The Morgan fingerprint density at radius 2 is 2.20 bits per heavy atom. The Hall–Kier alpha value is -1.59. The summed E-state index contributed by atoms with van der Waals surface area (Å²) >= 11 is 6.23. The molecule has 5 nitrogen and oxygen atoms in total. The number of rotatable bonds is 3. The summed E-state index contributed by atoms with van der Waals surface area (Å²) < 4.78 is 3.27. The van der Waals surface area contributed by atoms with Gasteiger partial charge in [0.1, 0.15) is 5.82 Å². The zero-order valence-corrected chi connectivity index (χ0v) is 11.9. The van der Waals surface area contributed by atoms with Crippen LogP contribution in [0.1, 0.15) is 29.8 Å². The van der Waals surface area contributed by atoms with Gasteiger partial charge in [-0.1, -0.05) is 23.7 Å². The third kappa shape index (κ3) is 2.39. The number of fused-ring (bicyclic) bond motifs is 1. The summed E-state index contributed by atoms with van der Waals surface area (Å²) in [6.07, 6.45) is 3.02. The van der Waals surface area contributed by atoms with E-state index in [0.717, 1.165) is 42.8 Å². The molecule has 2 heterocycles. The van der Waals surface area contributed by atoms with Gasteiger partial charge in [0.05, 0.1) is 6.54 Å². The van der Waals surface area contributed by atoms with Crippen LogP contribution in [0, 0.1) is 0 Å². The molecule has 1 aliphatic heterocycles. The molecule has 20 heavy (non-hydrogen) atoms. The van der Waals surface area contributed by atoms with Gasteiger partial charge in [0, 0.05) is 24.5 Å². The van der Waals surface area contributed by atoms with Crippen LogP contribution in [0.15, 0.2) is 23.0 Å². The Morgan fingerprint density at radius 3 is 2.90 bits per heavy atom. The van der Waals surface area contributed by atoms with Crippen LogP contribution in [0.5, 0.6) is 0 Å². The van der Waals surface area contributed by atoms with E-state index in [0.29, 0.717) is 18.1 Å². The number of nitrogens with two attached hydrogens (primary N) is 1. The quantitative estimate of drug-likeness (QED) is 0.933. The fourth-order valence-electron chi connectivity index (χ4n) is 2.56. The van der Waals surface area contributed by atoms with Crippen LogP contribution < -0.4 is 11.4 Å². The number of hydrogen-bond donors (Lipinski definition) is 1. The summed E-state index contributed by atoms with van der Waals surface area (Å²) in [7, 11) is 0. The molecule has 0 radical (unpaired) electrons. The van der Waals surface area contributed by atoms with E-state index in [1.54, 1.807) is 4.57 Å². The molecule has 1 aromatic carbocycles. The predicted octanol–water partition coefficient (Wildman–Crippen LogP) is 1.54. The number of aromatic nitrogens is 3. The molecule has 1 aliphatic rings. The molecular formula is C14H17ClN4O. The average molecular weight is 293 g/mol. The lowest BCUT2D eigenvalue weighted by Gasteiger charge is -2.09. The van der Waals surface area contributed by atoms with Gasteiger partial charge in [-0.05, 0) is 30.0 Å². The smallest absolute Gasteiger partial charge is 0.326 e. The highest BCUT2D eigenvalue weighted by Crippen LogP contribution is 2.19. The van der Waals surface area contributed by atoms with E-state index in [1.165, 1.54) is 4.68 Å². The molecule has 1 aromatic heterocycles. The fourth-order valence-corrected chi connectivity index (χ4v) is 2.82. The van der Waals surface area contributed by atoms with Crippen molar-refractivity contribution in [2.75, 3.05) is 0 Å². The van der Waals surface area contributed by atoms with Crippen LogP contribution in [0.2, 0.25) is 5.02 Å². The maximum absolute atomic E-state index is 12.3. The molecule has 3 rings (SSSR count). The largest absolute Gasteiger partial charge is 0.346 e. The first-order valence-corrected chi connectivity index (χ1v) is 7.20. The van der Waals surface area contributed by atoms with Crippen molar-refractivity contribution in [2.45, 2.75) is 38.9 Å². The maximum Gasteiger partial charge on any atom is 0.346 e. The monoisotopic (exact) mass is 292 g/mol. The SMILES string of the molecule is NCc1ccc(Cn2nc3n(c2=O)CCCC3)c(Cl)c1. The highest BCUT2D eigenvalue weighted by molar-refractivity contribution is 6.31. The lowest BCUT2D eigenvalue weighted by molar-refractivity contribution is 0.511. The molecule has 0 amide bonds. The number of aryl methyl sites for hydroxylation is 1. The van der Waals surface area contributed by atoms with Gasteiger partial charge in [-0.2, -0.15) is 5.10 Å². The Labute approximate surface area is 122 Å². The second-order valence-corrected chi connectivity index (χ2v) is 5.50. The zero-order chi connectivity index (χ0) is 14.1.